The monoisotopic (exact) mass is 358 g/mol. The highest BCUT2D eigenvalue weighted by Gasteiger charge is 2.52. The molecule has 0 radical (unpaired) electrons. The third-order valence-corrected chi connectivity index (χ3v) is 5.83. The van der Waals surface area contributed by atoms with E-state index < -0.39 is 0 Å². The van der Waals surface area contributed by atoms with E-state index in [1.165, 1.54) is 6.42 Å². The summed E-state index contributed by atoms with van der Waals surface area (Å²) in [5, 5.41) is 2.95. The molecule has 0 aromatic carbocycles. The summed E-state index contributed by atoms with van der Waals surface area (Å²) in [5.41, 5.74) is 0.676. The quantitative estimate of drug-likeness (QED) is 0.844. The van der Waals surface area contributed by atoms with Crippen molar-refractivity contribution in [3.8, 4) is 0 Å². The van der Waals surface area contributed by atoms with Gasteiger partial charge in [0.1, 0.15) is 11.6 Å². The van der Waals surface area contributed by atoms with Gasteiger partial charge in [0.05, 0.1) is 19.7 Å². The highest BCUT2D eigenvalue weighted by molar-refractivity contribution is 5.82. The van der Waals surface area contributed by atoms with Gasteiger partial charge in [0.2, 0.25) is 11.8 Å². The number of amides is 2. The predicted molar refractivity (Wildman–Crippen MR) is 95.1 cm³/mol. The molecule has 2 saturated heterocycles. The standard InChI is InChI=1S/C19H26N4O3/c1-22-11-19(12-23(13-19)18(25)15-5-2-6-15)26-10-16(22)17(24)21-9-14-4-3-7-20-8-14/h3-4,7-8,15-16H,2,5-6,9-13H2,1H3,(H,21,24)/t16-/m1/s1. The van der Waals surface area contributed by atoms with Crippen molar-refractivity contribution < 1.29 is 14.3 Å². The number of rotatable bonds is 4. The number of likely N-dealkylation sites (tertiary alicyclic amines) is 1. The summed E-state index contributed by atoms with van der Waals surface area (Å²) in [4.78, 5) is 32.8. The molecule has 1 N–H and O–H groups in total. The van der Waals surface area contributed by atoms with Gasteiger partial charge in [-0.2, -0.15) is 0 Å². The third-order valence-electron chi connectivity index (χ3n) is 5.83. The maximum atomic E-state index is 12.5. The lowest BCUT2D eigenvalue weighted by Gasteiger charge is -2.55. The van der Waals surface area contributed by atoms with Crippen LogP contribution in [-0.4, -0.2) is 71.5 Å². The molecule has 3 heterocycles. The van der Waals surface area contributed by atoms with Gasteiger partial charge >= 0.3 is 0 Å². The summed E-state index contributed by atoms with van der Waals surface area (Å²) in [6.45, 7) is 2.80. The number of carbonyl (C=O) groups is 2. The minimum atomic E-state index is -0.298. The highest BCUT2D eigenvalue weighted by Crippen LogP contribution is 2.35. The van der Waals surface area contributed by atoms with E-state index in [1.807, 2.05) is 29.0 Å². The van der Waals surface area contributed by atoms with E-state index in [2.05, 4.69) is 10.3 Å². The first-order valence-corrected chi connectivity index (χ1v) is 9.36. The van der Waals surface area contributed by atoms with Crippen LogP contribution in [0.5, 0.6) is 0 Å². The molecule has 1 aromatic heterocycles. The van der Waals surface area contributed by atoms with Crippen LogP contribution < -0.4 is 5.32 Å². The molecule has 0 bridgehead atoms. The number of aromatic nitrogens is 1. The molecular weight excluding hydrogens is 332 g/mol. The van der Waals surface area contributed by atoms with Gasteiger partial charge in [0, 0.05) is 31.4 Å². The Balaban J connectivity index is 1.26. The molecule has 0 unspecified atom stereocenters. The molecule has 26 heavy (non-hydrogen) atoms. The number of carbonyl (C=O) groups excluding carboxylic acids is 2. The van der Waals surface area contributed by atoms with Crippen LogP contribution in [0.4, 0.5) is 0 Å². The Hall–Kier alpha value is -1.99. The molecule has 7 heteroatoms. The van der Waals surface area contributed by atoms with E-state index in [4.69, 9.17) is 4.74 Å². The third kappa shape index (κ3) is 3.33. The SMILES string of the molecule is CN1CC2(CN(C(=O)C3CCC3)C2)OC[C@@H]1C(=O)NCc1cccnc1. The Bertz CT molecular complexity index is 671. The van der Waals surface area contributed by atoms with E-state index in [0.717, 1.165) is 18.4 Å². The number of likely N-dealkylation sites (N-methyl/N-ethyl adjacent to an activating group) is 1. The summed E-state index contributed by atoms with van der Waals surface area (Å²) < 4.78 is 6.06. The Kier molecular flexibility index (Phi) is 4.67. The van der Waals surface area contributed by atoms with Gasteiger partial charge in [-0.15, -0.1) is 0 Å². The van der Waals surface area contributed by atoms with Gasteiger partial charge in [0.25, 0.3) is 0 Å². The molecule has 1 atom stereocenters. The second kappa shape index (κ2) is 6.96. The molecule has 1 saturated carbocycles. The van der Waals surface area contributed by atoms with Crippen molar-refractivity contribution in [3.63, 3.8) is 0 Å². The molecule has 140 valence electrons. The largest absolute Gasteiger partial charge is 0.368 e. The van der Waals surface area contributed by atoms with Crippen LogP contribution in [0.2, 0.25) is 0 Å². The fourth-order valence-corrected chi connectivity index (χ4v) is 3.99. The molecule has 3 fully saturated rings. The van der Waals surface area contributed by atoms with Crippen molar-refractivity contribution in [1.82, 2.24) is 20.1 Å². The number of pyridine rings is 1. The molecule has 1 aromatic rings. The summed E-state index contributed by atoms with van der Waals surface area (Å²) in [5.74, 6) is 0.483. The minimum Gasteiger partial charge on any atom is -0.368 e. The molecule has 2 aliphatic heterocycles. The van der Waals surface area contributed by atoms with E-state index in [0.29, 0.717) is 32.8 Å². The zero-order valence-electron chi connectivity index (χ0n) is 15.2. The average Bonchev–Trinajstić information content (AvgIpc) is 2.56. The Labute approximate surface area is 153 Å². The van der Waals surface area contributed by atoms with Crippen LogP contribution in [-0.2, 0) is 20.9 Å². The predicted octanol–water partition coefficient (Wildman–Crippen LogP) is 0.410. The van der Waals surface area contributed by atoms with Crippen LogP contribution in [0.1, 0.15) is 24.8 Å². The van der Waals surface area contributed by atoms with Crippen LogP contribution in [0.25, 0.3) is 0 Å². The van der Waals surface area contributed by atoms with Crippen molar-refractivity contribution in [2.45, 2.75) is 37.5 Å². The van der Waals surface area contributed by atoms with Gasteiger partial charge in [-0.05, 0) is 31.5 Å². The second-order valence-corrected chi connectivity index (χ2v) is 7.83. The van der Waals surface area contributed by atoms with Crippen molar-refractivity contribution in [1.29, 1.82) is 0 Å². The number of hydrogen-bond donors (Lipinski definition) is 1. The number of nitrogens with zero attached hydrogens (tertiary/aromatic N) is 3. The minimum absolute atomic E-state index is 0.0343. The van der Waals surface area contributed by atoms with E-state index in [1.54, 1.807) is 12.4 Å². The van der Waals surface area contributed by atoms with Crippen molar-refractivity contribution >= 4 is 11.8 Å². The van der Waals surface area contributed by atoms with Crippen LogP contribution in [0.3, 0.4) is 0 Å². The van der Waals surface area contributed by atoms with Crippen molar-refractivity contribution in [3.05, 3.63) is 30.1 Å². The topological polar surface area (TPSA) is 74.8 Å². The molecular formula is C19H26N4O3. The van der Waals surface area contributed by atoms with E-state index >= 15 is 0 Å². The molecule has 1 aliphatic carbocycles. The molecule has 1 spiro atoms. The fraction of sp³-hybridized carbons (Fsp3) is 0.632. The van der Waals surface area contributed by atoms with Gasteiger partial charge < -0.3 is 15.0 Å². The van der Waals surface area contributed by atoms with Crippen LogP contribution in [0.15, 0.2) is 24.5 Å². The number of ether oxygens (including phenoxy) is 1. The van der Waals surface area contributed by atoms with Crippen LogP contribution >= 0.6 is 0 Å². The Morgan fingerprint density at radius 3 is 2.77 bits per heavy atom. The summed E-state index contributed by atoms with van der Waals surface area (Å²) >= 11 is 0. The summed E-state index contributed by atoms with van der Waals surface area (Å²) in [6.07, 6.45) is 6.69. The van der Waals surface area contributed by atoms with Crippen LogP contribution in [0, 0.1) is 5.92 Å². The summed E-state index contributed by atoms with van der Waals surface area (Å²) in [6, 6.07) is 3.49. The summed E-state index contributed by atoms with van der Waals surface area (Å²) in [7, 11) is 1.95. The Morgan fingerprint density at radius 2 is 2.15 bits per heavy atom. The number of morpholine rings is 1. The lowest BCUT2D eigenvalue weighted by Crippen LogP contribution is -2.73. The number of hydrogen-bond acceptors (Lipinski definition) is 5. The molecule has 4 rings (SSSR count). The lowest BCUT2D eigenvalue weighted by atomic mass is 9.81. The van der Waals surface area contributed by atoms with Crippen molar-refractivity contribution in [2.24, 2.45) is 5.92 Å². The van der Waals surface area contributed by atoms with Gasteiger partial charge in [-0.3, -0.25) is 19.5 Å². The van der Waals surface area contributed by atoms with Gasteiger partial charge in [0.15, 0.2) is 0 Å². The highest BCUT2D eigenvalue weighted by atomic mass is 16.5. The zero-order valence-corrected chi connectivity index (χ0v) is 15.2. The molecule has 3 aliphatic rings. The maximum absolute atomic E-state index is 12.5. The zero-order chi connectivity index (χ0) is 18.1. The number of nitrogens with one attached hydrogen (secondary N) is 1. The van der Waals surface area contributed by atoms with Crippen molar-refractivity contribution in [2.75, 3.05) is 33.3 Å². The fourth-order valence-electron chi connectivity index (χ4n) is 3.99. The van der Waals surface area contributed by atoms with E-state index in [-0.39, 0.29) is 29.4 Å². The van der Waals surface area contributed by atoms with Gasteiger partial charge in [-0.1, -0.05) is 12.5 Å². The lowest BCUT2D eigenvalue weighted by molar-refractivity contribution is -0.204. The van der Waals surface area contributed by atoms with E-state index in [9.17, 15) is 9.59 Å². The maximum Gasteiger partial charge on any atom is 0.240 e. The first kappa shape index (κ1) is 17.4. The first-order chi connectivity index (χ1) is 12.6. The smallest absolute Gasteiger partial charge is 0.240 e. The molecule has 2 amide bonds. The second-order valence-electron chi connectivity index (χ2n) is 7.83. The first-order valence-electron chi connectivity index (χ1n) is 9.36. The average molecular weight is 358 g/mol. The Morgan fingerprint density at radius 1 is 1.35 bits per heavy atom. The molecule has 7 nitrogen and oxygen atoms in total. The van der Waals surface area contributed by atoms with Gasteiger partial charge in [-0.25, -0.2) is 0 Å². The normalized spacial score (nSPS) is 25.4.